The molecule has 0 aromatic heterocycles. The molecule has 5 aromatic rings. The van der Waals surface area contributed by atoms with Crippen molar-refractivity contribution in [2.24, 2.45) is 35.5 Å². The fraction of sp³-hybridized carbons (Fsp3) is 0.480. The lowest BCUT2D eigenvalue weighted by molar-refractivity contribution is 0.418. The zero-order chi connectivity index (χ0) is 44.8. The second-order valence-corrected chi connectivity index (χ2v) is 27.9. The number of hydrogen-bond donors (Lipinski definition) is 0. The molecule has 0 atom stereocenters. The minimum Gasteiger partial charge on any atom is -0.203 e. The summed E-state index contributed by atoms with van der Waals surface area (Å²) in [5, 5.41) is -1.30. The van der Waals surface area contributed by atoms with E-state index in [-0.39, 0.29) is 32.7 Å². The average molecular weight is 867 g/mol. The number of fused-ring (bicyclic) bond motifs is 4. The first kappa shape index (κ1) is 47.2. The summed E-state index contributed by atoms with van der Waals surface area (Å²) in [7, 11) is -4.99. The van der Waals surface area contributed by atoms with Crippen LogP contribution in [-0.4, -0.2) is 16.1 Å². The van der Waals surface area contributed by atoms with Crippen molar-refractivity contribution in [1.82, 2.24) is 0 Å². The van der Waals surface area contributed by atoms with Gasteiger partial charge in [-0.25, -0.2) is 35.1 Å². The van der Waals surface area contributed by atoms with Gasteiger partial charge in [0.1, 0.15) is 16.1 Å². The fourth-order valence-electron chi connectivity index (χ4n) is 10.1. The maximum atomic E-state index is 15.8. The Morgan fingerprint density at radius 1 is 0.317 bits per heavy atom. The zero-order valence-corrected chi connectivity index (χ0v) is 39.0. The lowest BCUT2D eigenvalue weighted by atomic mass is 9.88. The largest absolute Gasteiger partial charge is 0.203 e. The van der Waals surface area contributed by atoms with Crippen molar-refractivity contribution >= 4 is 59.2 Å². The van der Waals surface area contributed by atoms with Gasteiger partial charge in [-0.2, -0.15) is 0 Å². The van der Waals surface area contributed by atoms with Gasteiger partial charge in [0.25, 0.3) is 0 Å². The number of hydrogen-bond acceptors (Lipinski definition) is 0. The van der Waals surface area contributed by atoms with E-state index in [1.54, 1.807) is 0 Å². The Hall–Kier alpha value is -3.87. The van der Waals surface area contributed by atoms with Crippen LogP contribution in [0.2, 0.25) is 36.3 Å². The summed E-state index contributed by atoms with van der Waals surface area (Å²) in [5.41, 5.74) is 7.86. The van der Waals surface area contributed by atoms with Gasteiger partial charge in [-0.1, -0.05) is 94.9 Å². The Morgan fingerprint density at radius 2 is 0.500 bits per heavy atom. The lowest BCUT2D eigenvalue weighted by Crippen LogP contribution is -2.37. The van der Waals surface area contributed by atoms with Gasteiger partial charge in [0.05, 0.1) is 0 Å². The molecule has 0 aliphatic carbocycles. The molecule has 5 aromatic carbocycles. The van der Waals surface area contributed by atoms with Gasteiger partial charge in [0.15, 0.2) is 46.5 Å². The van der Waals surface area contributed by atoms with E-state index >= 15 is 17.6 Å². The van der Waals surface area contributed by atoms with Gasteiger partial charge in [0.2, 0.25) is 0 Å². The minimum atomic E-state index is -2.49. The Balaban J connectivity index is 2.14. The van der Waals surface area contributed by atoms with Crippen LogP contribution in [0.5, 0.6) is 0 Å². The van der Waals surface area contributed by atoms with Gasteiger partial charge < -0.3 is 0 Å². The van der Waals surface area contributed by atoms with Crippen LogP contribution in [-0.2, 0) is 0 Å². The van der Waals surface area contributed by atoms with Crippen molar-refractivity contribution < 1.29 is 35.1 Å². The first-order valence-electron chi connectivity index (χ1n) is 21.3. The summed E-state index contributed by atoms with van der Waals surface area (Å²) >= 11 is 0. The third kappa shape index (κ3) is 9.61. The summed E-state index contributed by atoms with van der Waals surface area (Å²) in [4.78, 5) is 0. The monoisotopic (exact) mass is 866 g/mol. The van der Waals surface area contributed by atoms with E-state index < -0.39 is 84.2 Å². The molecule has 0 N–H and O–H groups in total. The van der Waals surface area contributed by atoms with E-state index in [0.29, 0.717) is 35.5 Å². The Kier molecular flexibility index (Phi) is 14.3. The Labute approximate surface area is 352 Å². The number of rotatable bonds is 12. The molecular formula is C50H58F8Si2. The van der Waals surface area contributed by atoms with Gasteiger partial charge in [-0.05, 0) is 118 Å². The molecule has 5 rings (SSSR count). The Bertz CT molecular complexity index is 2230. The summed E-state index contributed by atoms with van der Waals surface area (Å²) in [6.07, 6.45) is 0. The van der Waals surface area contributed by atoms with Gasteiger partial charge in [-0.3, -0.25) is 0 Å². The van der Waals surface area contributed by atoms with Crippen LogP contribution in [0.4, 0.5) is 35.1 Å². The molecule has 0 spiro atoms. The van der Waals surface area contributed by atoms with Crippen LogP contribution < -0.4 is 0 Å². The van der Waals surface area contributed by atoms with Crippen molar-refractivity contribution in [3.63, 3.8) is 0 Å². The quantitative estimate of drug-likeness (QED) is 0.0293. The summed E-state index contributed by atoms with van der Waals surface area (Å²) < 4.78 is 123. The molecule has 0 unspecified atom stereocenters. The molecule has 0 bridgehead atoms. The summed E-state index contributed by atoms with van der Waals surface area (Å²) in [5.74, 6) is -5.69. The highest BCUT2D eigenvalue weighted by atomic mass is 28.3. The van der Waals surface area contributed by atoms with Crippen LogP contribution in [0.1, 0.15) is 94.2 Å². The maximum absolute atomic E-state index is 15.8. The SMILES string of the molecule is CC(C)C[Si](C#Cc1c2cc3c(F)c(F)c(F)c(F)c3cc2c(C#C[Si](CC(C)C)(CC(C)C)CC(C)C)c2cc3c(F)c(F)c(F)c(F)c3cc12)(CC(C)C)CC(C)C. The molecule has 0 saturated heterocycles. The molecule has 0 amide bonds. The average Bonchev–Trinajstić information content (AvgIpc) is 3.13. The first-order valence-corrected chi connectivity index (χ1v) is 26.6. The van der Waals surface area contributed by atoms with Crippen molar-refractivity contribution in [1.29, 1.82) is 0 Å². The van der Waals surface area contributed by atoms with E-state index in [1.807, 2.05) is 0 Å². The van der Waals surface area contributed by atoms with E-state index in [9.17, 15) is 17.6 Å². The van der Waals surface area contributed by atoms with E-state index in [0.717, 1.165) is 36.3 Å². The maximum Gasteiger partial charge on any atom is 0.198 e. The molecule has 0 nitrogen and oxygen atoms in total. The van der Waals surface area contributed by atoms with Crippen molar-refractivity contribution in [2.75, 3.05) is 0 Å². The highest BCUT2D eigenvalue weighted by Gasteiger charge is 2.36. The highest BCUT2D eigenvalue weighted by molar-refractivity contribution is 6.88. The van der Waals surface area contributed by atoms with Crippen LogP contribution in [0.15, 0.2) is 24.3 Å². The number of benzene rings is 5. The van der Waals surface area contributed by atoms with Crippen molar-refractivity contribution in [3.05, 3.63) is 81.9 Å². The topological polar surface area (TPSA) is 0 Å². The molecular weight excluding hydrogens is 809 g/mol. The fourth-order valence-corrected chi connectivity index (χ4v) is 21.8. The second-order valence-electron chi connectivity index (χ2n) is 19.8. The van der Waals surface area contributed by atoms with Gasteiger partial charge in [-0.15, -0.1) is 11.1 Å². The predicted octanol–water partition coefficient (Wildman–Crippen LogP) is 16.0. The first-order chi connectivity index (χ1) is 27.9. The van der Waals surface area contributed by atoms with Gasteiger partial charge in [0, 0.05) is 32.7 Å². The lowest BCUT2D eigenvalue weighted by Gasteiger charge is -2.31. The minimum absolute atomic E-state index is 0.212. The Morgan fingerprint density at radius 3 is 0.667 bits per heavy atom. The normalized spacial score (nSPS) is 12.7. The molecule has 0 saturated carbocycles. The van der Waals surface area contributed by atoms with Crippen LogP contribution in [0.25, 0.3) is 43.1 Å². The van der Waals surface area contributed by atoms with Crippen molar-refractivity contribution in [2.45, 2.75) is 119 Å². The van der Waals surface area contributed by atoms with Gasteiger partial charge >= 0.3 is 0 Å². The molecule has 0 aliphatic heterocycles. The molecule has 0 aliphatic rings. The molecule has 0 radical (unpaired) electrons. The number of halogens is 8. The third-order valence-corrected chi connectivity index (χ3v) is 22.1. The smallest absolute Gasteiger partial charge is 0.198 e. The van der Waals surface area contributed by atoms with Crippen molar-refractivity contribution in [3.8, 4) is 22.9 Å². The summed E-state index contributed by atoms with van der Waals surface area (Å²) in [6.45, 7) is 25.6. The molecule has 10 heteroatoms. The van der Waals surface area contributed by atoms with Crippen LogP contribution in [0, 0.1) is 105 Å². The van der Waals surface area contributed by atoms with E-state index in [2.05, 4.69) is 106 Å². The highest BCUT2D eigenvalue weighted by Crippen LogP contribution is 2.42. The molecule has 60 heavy (non-hydrogen) atoms. The molecule has 0 fully saturated rings. The second kappa shape index (κ2) is 18.2. The predicted molar refractivity (Wildman–Crippen MR) is 239 cm³/mol. The third-order valence-electron chi connectivity index (χ3n) is 11.2. The summed E-state index contributed by atoms with van der Waals surface area (Å²) in [6, 6.07) is 10.0. The molecule has 0 heterocycles. The van der Waals surface area contributed by atoms with E-state index in [4.69, 9.17) is 0 Å². The van der Waals surface area contributed by atoms with E-state index in [1.165, 1.54) is 24.3 Å². The molecule has 322 valence electrons. The van der Waals surface area contributed by atoms with Crippen LogP contribution >= 0.6 is 0 Å². The zero-order valence-electron chi connectivity index (χ0n) is 37.0. The van der Waals surface area contributed by atoms with Crippen LogP contribution in [0.3, 0.4) is 0 Å². The standard InChI is InChI=1S/C50H58F8Si2/c1-27(2)21-59(22-28(3)4,23-29(5)6)15-13-33-35-17-39-41(45(53)49(57)47(55)43(39)51)19-37(35)34(14-16-60(24-30(7)8,25-31(9)10)26-32(11)12)38-20-42-40(18-36(33)38)44(52)48(56)50(58)46(42)54/h17-20,27-32H,21-26H2,1-12H3.